The summed E-state index contributed by atoms with van der Waals surface area (Å²) >= 11 is 0. The van der Waals surface area contributed by atoms with Gasteiger partial charge in [0.25, 0.3) is 5.91 Å². The van der Waals surface area contributed by atoms with E-state index in [9.17, 15) is 14.7 Å². The van der Waals surface area contributed by atoms with Gasteiger partial charge in [-0.25, -0.2) is 0 Å². The van der Waals surface area contributed by atoms with Crippen molar-refractivity contribution in [3.8, 4) is 5.75 Å². The van der Waals surface area contributed by atoms with Crippen LogP contribution in [0.5, 0.6) is 5.75 Å². The number of carbonyl (C=O) groups is 2. The third-order valence-electron chi connectivity index (χ3n) is 4.17. The first-order valence-electron chi connectivity index (χ1n) is 7.89. The molecule has 1 saturated heterocycles. The molecule has 1 heterocycles. The Balaban J connectivity index is 2.02. The first kappa shape index (κ1) is 18.2. The van der Waals surface area contributed by atoms with Crippen molar-refractivity contribution in [2.24, 2.45) is 5.41 Å². The summed E-state index contributed by atoms with van der Waals surface area (Å²) in [4.78, 5) is 24.1. The number of ether oxygens (including phenoxy) is 3. The number of carboxylic acid groups (broad SMARTS) is 1. The molecule has 0 bridgehead atoms. The smallest absolute Gasteiger partial charge is 0.311 e. The number of nitrogens with one attached hydrogen (secondary N) is 1. The Morgan fingerprint density at radius 3 is 2.62 bits per heavy atom. The molecule has 7 nitrogen and oxygen atoms in total. The summed E-state index contributed by atoms with van der Waals surface area (Å²) in [7, 11) is 1.57. The molecule has 0 atom stereocenters. The fourth-order valence-electron chi connectivity index (χ4n) is 2.59. The Morgan fingerprint density at radius 2 is 1.96 bits per heavy atom. The standard InChI is InChI=1S/C17H23NO6/c1-22-10-11-24-14-5-3-2-4-13(14)15(19)18-12-17(16(20)21)6-8-23-9-7-17/h2-5H,6-12H2,1H3,(H,18,19)(H,20,21). The van der Waals surface area contributed by atoms with Gasteiger partial charge in [-0.3, -0.25) is 9.59 Å². The molecule has 0 aliphatic carbocycles. The predicted molar refractivity (Wildman–Crippen MR) is 86.3 cm³/mol. The summed E-state index contributed by atoms with van der Waals surface area (Å²) in [6.45, 7) is 1.59. The molecule has 0 unspecified atom stereocenters. The van der Waals surface area contributed by atoms with Crippen LogP contribution in [0.4, 0.5) is 0 Å². The number of hydrogen-bond donors (Lipinski definition) is 2. The maximum atomic E-state index is 12.5. The molecule has 0 radical (unpaired) electrons. The van der Waals surface area contributed by atoms with E-state index in [-0.39, 0.29) is 12.5 Å². The summed E-state index contributed by atoms with van der Waals surface area (Å²) in [5, 5.41) is 12.3. The van der Waals surface area contributed by atoms with E-state index < -0.39 is 11.4 Å². The van der Waals surface area contributed by atoms with Gasteiger partial charge in [0.2, 0.25) is 0 Å². The largest absolute Gasteiger partial charge is 0.490 e. The molecule has 1 aliphatic heterocycles. The van der Waals surface area contributed by atoms with Crippen molar-refractivity contribution in [2.75, 3.05) is 40.1 Å². The lowest BCUT2D eigenvalue weighted by Crippen LogP contribution is -2.46. The Morgan fingerprint density at radius 1 is 1.25 bits per heavy atom. The summed E-state index contributed by atoms with van der Waals surface area (Å²) in [5.41, 5.74) is -0.596. The molecule has 7 heteroatoms. The van der Waals surface area contributed by atoms with Crippen molar-refractivity contribution in [3.63, 3.8) is 0 Å². The molecule has 2 rings (SSSR count). The molecule has 0 saturated carbocycles. The molecule has 1 aromatic carbocycles. The summed E-state index contributed by atoms with van der Waals surface area (Å²) in [5.74, 6) is -0.811. The maximum absolute atomic E-state index is 12.5. The molecule has 132 valence electrons. The highest BCUT2D eigenvalue weighted by atomic mass is 16.5. The highest BCUT2D eigenvalue weighted by Gasteiger charge is 2.40. The lowest BCUT2D eigenvalue weighted by molar-refractivity contribution is -0.154. The van der Waals surface area contributed by atoms with Gasteiger partial charge in [0.1, 0.15) is 12.4 Å². The van der Waals surface area contributed by atoms with E-state index in [0.29, 0.717) is 50.6 Å². The van der Waals surface area contributed by atoms with Gasteiger partial charge in [-0.15, -0.1) is 0 Å². The second-order valence-electron chi connectivity index (χ2n) is 5.72. The van der Waals surface area contributed by atoms with Crippen LogP contribution in [-0.4, -0.2) is 57.1 Å². The first-order valence-corrected chi connectivity index (χ1v) is 7.89. The molecule has 0 aromatic heterocycles. The predicted octanol–water partition coefficient (Wildman–Crippen LogP) is 1.32. The van der Waals surface area contributed by atoms with Gasteiger partial charge < -0.3 is 24.6 Å². The first-order chi connectivity index (χ1) is 11.6. The molecule has 1 amide bonds. The Labute approximate surface area is 140 Å². The number of methoxy groups -OCH3 is 1. The lowest BCUT2D eigenvalue weighted by atomic mass is 9.80. The van der Waals surface area contributed by atoms with Crippen molar-refractivity contribution in [1.82, 2.24) is 5.32 Å². The van der Waals surface area contributed by atoms with E-state index >= 15 is 0 Å². The zero-order chi connectivity index (χ0) is 17.4. The van der Waals surface area contributed by atoms with Crippen LogP contribution in [0.1, 0.15) is 23.2 Å². The average Bonchev–Trinajstić information content (AvgIpc) is 2.61. The minimum absolute atomic E-state index is 0.0664. The fraction of sp³-hybridized carbons (Fsp3) is 0.529. The number of rotatable bonds is 8. The molecule has 1 aromatic rings. The van der Waals surface area contributed by atoms with Crippen LogP contribution in [0.2, 0.25) is 0 Å². The summed E-state index contributed by atoms with van der Waals surface area (Å²) in [6, 6.07) is 6.86. The van der Waals surface area contributed by atoms with Gasteiger partial charge in [0.05, 0.1) is 17.6 Å². The van der Waals surface area contributed by atoms with Crippen molar-refractivity contribution in [2.45, 2.75) is 12.8 Å². The van der Waals surface area contributed by atoms with Crippen molar-refractivity contribution in [3.05, 3.63) is 29.8 Å². The topological polar surface area (TPSA) is 94.1 Å². The minimum Gasteiger partial charge on any atom is -0.490 e. The Hall–Kier alpha value is -2.12. The average molecular weight is 337 g/mol. The molecule has 2 N–H and O–H groups in total. The summed E-state index contributed by atoms with van der Waals surface area (Å²) in [6.07, 6.45) is 0.767. The van der Waals surface area contributed by atoms with Crippen LogP contribution in [0.3, 0.4) is 0 Å². The van der Waals surface area contributed by atoms with Crippen LogP contribution < -0.4 is 10.1 Å². The van der Waals surface area contributed by atoms with Crippen LogP contribution in [-0.2, 0) is 14.3 Å². The van der Waals surface area contributed by atoms with Crippen LogP contribution >= 0.6 is 0 Å². The quantitative estimate of drug-likeness (QED) is 0.695. The molecule has 24 heavy (non-hydrogen) atoms. The normalized spacial score (nSPS) is 16.4. The Bertz CT molecular complexity index is 568. The fourth-order valence-corrected chi connectivity index (χ4v) is 2.59. The number of para-hydroxylation sites is 1. The van der Waals surface area contributed by atoms with E-state index in [1.165, 1.54) is 0 Å². The third-order valence-corrected chi connectivity index (χ3v) is 4.17. The number of carboxylic acids is 1. The van der Waals surface area contributed by atoms with Gasteiger partial charge in [0.15, 0.2) is 0 Å². The van der Waals surface area contributed by atoms with Gasteiger partial charge in [-0.05, 0) is 25.0 Å². The minimum atomic E-state index is -0.972. The monoisotopic (exact) mass is 337 g/mol. The van der Waals surface area contributed by atoms with E-state index in [1.807, 2.05) is 0 Å². The number of aliphatic carboxylic acids is 1. The number of carbonyl (C=O) groups excluding carboxylic acids is 1. The van der Waals surface area contributed by atoms with Crippen LogP contribution in [0.25, 0.3) is 0 Å². The zero-order valence-electron chi connectivity index (χ0n) is 13.7. The van der Waals surface area contributed by atoms with Crippen LogP contribution in [0.15, 0.2) is 24.3 Å². The Kier molecular flexibility index (Phi) is 6.57. The zero-order valence-corrected chi connectivity index (χ0v) is 13.7. The molecule has 1 fully saturated rings. The van der Waals surface area contributed by atoms with Gasteiger partial charge in [-0.1, -0.05) is 12.1 Å². The van der Waals surface area contributed by atoms with Gasteiger partial charge >= 0.3 is 5.97 Å². The highest BCUT2D eigenvalue weighted by molar-refractivity contribution is 5.97. The second kappa shape index (κ2) is 8.65. The van der Waals surface area contributed by atoms with E-state index in [0.717, 1.165) is 0 Å². The molecular formula is C17H23NO6. The second-order valence-corrected chi connectivity index (χ2v) is 5.72. The van der Waals surface area contributed by atoms with Gasteiger partial charge in [0, 0.05) is 26.9 Å². The number of hydrogen-bond acceptors (Lipinski definition) is 5. The molecule has 0 spiro atoms. The molecular weight excluding hydrogens is 314 g/mol. The van der Waals surface area contributed by atoms with Crippen LogP contribution in [0, 0.1) is 5.41 Å². The third kappa shape index (κ3) is 4.46. The number of benzene rings is 1. The highest BCUT2D eigenvalue weighted by Crippen LogP contribution is 2.30. The number of amides is 1. The van der Waals surface area contributed by atoms with Crippen molar-refractivity contribution in [1.29, 1.82) is 0 Å². The SMILES string of the molecule is COCCOc1ccccc1C(=O)NCC1(C(=O)O)CCOCC1. The summed E-state index contributed by atoms with van der Waals surface area (Å²) < 4.78 is 15.7. The maximum Gasteiger partial charge on any atom is 0.311 e. The lowest BCUT2D eigenvalue weighted by Gasteiger charge is -2.33. The van der Waals surface area contributed by atoms with Crippen molar-refractivity contribution >= 4 is 11.9 Å². The van der Waals surface area contributed by atoms with Gasteiger partial charge in [-0.2, -0.15) is 0 Å². The van der Waals surface area contributed by atoms with E-state index in [4.69, 9.17) is 14.2 Å². The van der Waals surface area contributed by atoms with E-state index in [2.05, 4.69) is 5.32 Å². The van der Waals surface area contributed by atoms with E-state index in [1.54, 1.807) is 31.4 Å². The van der Waals surface area contributed by atoms with Crippen molar-refractivity contribution < 1.29 is 28.9 Å². The molecule has 1 aliphatic rings.